The summed E-state index contributed by atoms with van der Waals surface area (Å²) in [6.45, 7) is 0. The third-order valence-electron chi connectivity index (χ3n) is 4.38. The van der Waals surface area contributed by atoms with Gasteiger partial charge in [0.15, 0.2) is 0 Å². The SMILES string of the molecule is FC(F)(F)c1cccc(Nc2c3c(nc4ccccc24)CCC3)c1.[Cl-]. The van der Waals surface area contributed by atoms with Gasteiger partial charge in [0, 0.05) is 16.8 Å². The molecular weight excluding hydrogens is 349 g/mol. The van der Waals surface area contributed by atoms with Crippen LogP contribution in [0.1, 0.15) is 23.2 Å². The average molecular weight is 364 g/mol. The third-order valence-corrected chi connectivity index (χ3v) is 4.38. The summed E-state index contributed by atoms with van der Waals surface area (Å²) < 4.78 is 38.8. The first-order valence-corrected chi connectivity index (χ1v) is 7.87. The first-order chi connectivity index (χ1) is 11.5. The van der Waals surface area contributed by atoms with Crippen molar-refractivity contribution in [1.82, 2.24) is 4.98 Å². The second-order valence-electron chi connectivity index (χ2n) is 5.99. The molecular formula is C19H15ClF3N2-. The van der Waals surface area contributed by atoms with Gasteiger partial charge < -0.3 is 17.7 Å². The molecule has 130 valence electrons. The van der Waals surface area contributed by atoms with Gasteiger partial charge in [-0.3, -0.25) is 4.98 Å². The van der Waals surface area contributed by atoms with E-state index < -0.39 is 11.7 Å². The van der Waals surface area contributed by atoms with Crippen LogP contribution in [0.15, 0.2) is 48.5 Å². The van der Waals surface area contributed by atoms with E-state index in [0.29, 0.717) is 5.69 Å². The van der Waals surface area contributed by atoms with E-state index in [2.05, 4.69) is 5.32 Å². The van der Waals surface area contributed by atoms with Crippen molar-refractivity contribution in [3.05, 3.63) is 65.4 Å². The molecule has 0 saturated carbocycles. The molecule has 0 aliphatic heterocycles. The molecule has 1 aromatic heterocycles. The minimum absolute atomic E-state index is 0. The maximum absolute atomic E-state index is 12.9. The molecule has 1 aliphatic rings. The number of hydrogen-bond donors (Lipinski definition) is 1. The number of nitrogens with zero attached hydrogens (tertiary/aromatic N) is 1. The maximum Gasteiger partial charge on any atom is 0.416 e. The fourth-order valence-electron chi connectivity index (χ4n) is 3.27. The predicted octanol–water partition coefficient (Wildman–Crippen LogP) is 2.49. The predicted molar refractivity (Wildman–Crippen MR) is 88.5 cm³/mol. The van der Waals surface area contributed by atoms with Crippen LogP contribution in [0.25, 0.3) is 10.9 Å². The average Bonchev–Trinajstić information content (AvgIpc) is 3.02. The van der Waals surface area contributed by atoms with Gasteiger partial charge in [-0.2, -0.15) is 13.2 Å². The summed E-state index contributed by atoms with van der Waals surface area (Å²) in [5.41, 5.74) is 3.70. The lowest BCUT2D eigenvalue weighted by molar-refractivity contribution is -0.137. The van der Waals surface area contributed by atoms with Crippen LogP contribution >= 0.6 is 0 Å². The van der Waals surface area contributed by atoms with E-state index in [1.807, 2.05) is 24.3 Å². The van der Waals surface area contributed by atoms with Gasteiger partial charge in [-0.05, 0) is 49.1 Å². The maximum atomic E-state index is 12.9. The molecule has 0 saturated heterocycles. The normalized spacial score (nSPS) is 13.4. The van der Waals surface area contributed by atoms with Gasteiger partial charge in [0.2, 0.25) is 0 Å². The number of nitrogens with one attached hydrogen (secondary N) is 1. The number of rotatable bonds is 2. The van der Waals surface area contributed by atoms with Crippen LogP contribution in [0.5, 0.6) is 0 Å². The van der Waals surface area contributed by atoms with Crippen LogP contribution < -0.4 is 17.7 Å². The highest BCUT2D eigenvalue weighted by Gasteiger charge is 2.30. The summed E-state index contributed by atoms with van der Waals surface area (Å²) in [6.07, 6.45) is -1.51. The number of fused-ring (bicyclic) bond motifs is 2. The molecule has 6 heteroatoms. The minimum Gasteiger partial charge on any atom is -1.00 e. The van der Waals surface area contributed by atoms with Gasteiger partial charge in [0.1, 0.15) is 0 Å². The number of aromatic nitrogens is 1. The third kappa shape index (κ3) is 3.29. The van der Waals surface area contributed by atoms with Gasteiger partial charge in [-0.15, -0.1) is 0 Å². The van der Waals surface area contributed by atoms with Crippen molar-refractivity contribution in [2.75, 3.05) is 5.32 Å². The Kier molecular flexibility index (Phi) is 4.60. The van der Waals surface area contributed by atoms with E-state index in [9.17, 15) is 13.2 Å². The second kappa shape index (κ2) is 6.56. The van der Waals surface area contributed by atoms with Crippen LogP contribution in [-0.2, 0) is 19.0 Å². The standard InChI is InChI=1S/C19H15F3N2.ClH/c20-19(21,22)12-5-3-6-13(11-12)23-18-14-7-1-2-9-16(14)24-17-10-4-8-15(17)18;/h1-3,5-7,9,11H,4,8,10H2,(H,23,24);1H/p-1. The highest BCUT2D eigenvalue weighted by Crippen LogP contribution is 2.37. The number of aryl methyl sites for hydroxylation is 1. The van der Waals surface area contributed by atoms with Crippen molar-refractivity contribution in [2.24, 2.45) is 0 Å². The minimum atomic E-state index is -4.35. The second-order valence-corrected chi connectivity index (χ2v) is 5.99. The van der Waals surface area contributed by atoms with Crippen molar-refractivity contribution in [2.45, 2.75) is 25.4 Å². The number of pyridine rings is 1. The molecule has 4 rings (SSSR count). The van der Waals surface area contributed by atoms with E-state index in [1.54, 1.807) is 6.07 Å². The first-order valence-electron chi connectivity index (χ1n) is 7.87. The monoisotopic (exact) mass is 363 g/mol. The molecule has 3 aromatic rings. The van der Waals surface area contributed by atoms with Crippen molar-refractivity contribution in [1.29, 1.82) is 0 Å². The van der Waals surface area contributed by atoms with Crippen LogP contribution in [0.4, 0.5) is 24.5 Å². The number of para-hydroxylation sites is 1. The summed E-state index contributed by atoms with van der Waals surface area (Å²) in [6, 6.07) is 13.0. The van der Waals surface area contributed by atoms with E-state index in [0.717, 1.165) is 59.2 Å². The van der Waals surface area contributed by atoms with Gasteiger partial charge in [-0.1, -0.05) is 24.3 Å². The molecule has 0 fully saturated rings. The smallest absolute Gasteiger partial charge is 0.416 e. The zero-order valence-electron chi connectivity index (χ0n) is 13.2. The molecule has 0 bridgehead atoms. The van der Waals surface area contributed by atoms with E-state index >= 15 is 0 Å². The fourth-order valence-corrected chi connectivity index (χ4v) is 3.27. The lowest BCUT2D eigenvalue weighted by Gasteiger charge is -2.16. The largest absolute Gasteiger partial charge is 1.00 e. The van der Waals surface area contributed by atoms with E-state index in [1.165, 1.54) is 6.07 Å². The molecule has 1 heterocycles. The zero-order chi connectivity index (χ0) is 16.7. The quantitative estimate of drug-likeness (QED) is 0.756. The van der Waals surface area contributed by atoms with E-state index in [-0.39, 0.29) is 12.4 Å². The fraction of sp³-hybridized carbons (Fsp3) is 0.211. The molecule has 2 aromatic carbocycles. The highest BCUT2D eigenvalue weighted by atomic mass is 35.5. The van der Waals surface area contributed by atoms with Gasteiger partial charge in [0.05, 0.1) is 16.8 Å². The number of anilines is 2. The number of halogens is 4. The molecule has 0 atom stereocenters. The van der Waals surface area contributed by atoms with Crippen molar-refractivity contribution < 1.29 is 25.6 Å². The zero-order valence-corrected chi connectivity index (χ0v) is 14.0. The van der Waals surface area contributed by atoms with Gasteiger partial charge in [0.25, 0.3) is 0 Å². The van der Waals surface area contributed by atoms with Crippen LogP contribution in [0.2, 0.25) is 0 Å². The van der Waals surface area contributed by atoms with Gasteiger partial charge >= 0.3 is 6.18 Å². The lowest BCUT2D eigenvalue weighted by Crippen LogP contribution is -3.00. The lowest BCUT2D eigenvalue weighted by atomic mass is 10.1. The van der Waals surface area contributed by atoms with Crippen LogP contribution in [0, 0.1) is 0 Å². The summed E-state index contributed by atoms with van der Waals surface area (Å²) in [5.74, 6) is 0. The van der Waals surface area contributed by atoms with Crippen molar-refractivity contribution in [3.63, 3.8) is 0 Å². The van der Waals surface area contributed by atoms with Crippen LogP contribution in [0.3, 0.4) is 0 Å². The summed E-state index contributed by atoms with van der Waals surface area (Å²) in [4.78, 5) is 4.69. The topological polar surface area (TPSA) is 24.9 Å². The highest BCUT2D eigenvalue weighted by molar-refractivity contribution is 5.95. The molecule has 25 heavy (non-hydrogen) atoms. The Morgan fingerprint density at radius 2 is 1.76 bits per heavy atom. The summed E-state index contributed by atoms with van der Waals surface area (Å²) in [5, 5.41) is 4.16. The van der Waals surface area contributed by atoms with Crippen molar-refractivity contribution in [3.8, 4) is 0 Å². The van der Waals surface area contributed by atoms with Crippen LogP contribution in [-0.4, -0.2) is 4.98 Å². The number of alkyl halides is 3. The van der Waals surface area contributed by atoms with Gasteiger partial charge in [-0.25, -0.2) is 0 Å². The first kappa shape index (κ1) is 17.5. The number of hydrogen-bond acceptors (Lipinski definition) is 2. The molecule has 0 spiro atoms. The molecule has 0 unspecified atom stereocenters. The summed E-state index contributed by atoms with van der Waals surface area (Å²) in [7, 11) is 0. The summed E-state index contributed by atoms with van der Waals surface area (Å²) >= 11 is 0. The van der Waals surface area contributed by atoms with E-state index in [4.69, 9.17) is 4.98 Å². The molecule has 1 N–H and O–H groups in total. The Labute approximate surface area is 149 Å². The Morgan fingerprint density at radius 3 is 2.56 bits per heavy atom. The Bertz CT molecular complexity index is 922. The molecule has 2 nitrogen and oxygen atoms in total. The number of benzene rings is 2. The Morgan fingerprint density at radius 1 is 0.960 bits per heavy atom. The Balaban J connectivity index is 0.00000182. The molecule has 0 radical (unpaired) electrons. The van der Waals surface area contributed by atoms with Crippen molar-refractivity contribution >= 4 is 22.3 Å². The Hall–Kier alpha value is -2.27. The molecule has 0 amide bonds. The molecule has 1 aliphatic carbocycles.